The summed E-state index contributed by atoms with van der Waals surface area (Å²) in [6, 6.07) is 5.57. The van der Waals surface area contributed by atoms with E-state index in [4.69, 9.17) is 23.2 Å². The van der Waals surface area contributed by atoms with Crippen LogP contribution >= 0.6 is 23.2 Å². The topological polar surface area (TPSA) is 15.6 Å². The molecule has 0 unspecified atom stereocenters. The molecule has 0 fully saturated rings. The van der Waals surface area contributed by atoms with Gasteiger partial charge in [0, 0.05) is 34.6 Å². The van der Waals surface area contributed by atoms with Crippen LogP contribution in [0.1, 0.15) is 12.5 Å². The maximum Gasteiger partial charge on any atom is 0.0531 e. The molecule has 0 saturated heterocycles. The lowest BCUT2D eigenvalue weighted by atomic mass is 10.2. The molecule has 1 aliphatic heterocycles. The second-order valence-electron chi connectivity index (χ2n) is 3.71. The first-order valence-corrected chi connectivity index (χ1v) is 5.80. The predicted octanol–water partition coefficient (Wildman–Crippen LogP) is 3.74. The lowest BCUT2D eigenvalue weighted by molar-refractivity contribution is 0.415. The highest BCUT2D eigenvalue weighted by Crippen LogP contribution is 2.26. The molecule has 84 valence electrons. The SMILES string of the molecule is CC1=CN(Cc2c(Cl)cccc2Cl)CC=N1. The highest BCUT2D eigenvalue weighted by Gasteiger charge is 2.10. The highest BCUT2D eigenvalue weighted by molar-refractivity contribution is 6.35. The Labute approximate surface area is 105 Å². The molecule has 1 aliphatic rings. The van der Waals surface area contributed by atoms with Crippen molar-refractivity contribution < 1.29 is 0 Å². The summed E-state index contributed by atoms with van der Waals surface area (Å²) < 4.78 is 0. The normalized spacial score (nSPS) is 15.2. The van der Waals surface area contributed by atoms with Crippen LogP contribution < -0.4 is 0 Å². The smallest absolute Gasteiger partial charge is 0.0531 e. The standard InChI is InChI=1S/C12H12Cl2N2/c1-9-7-16(6-5-15-9)8-10-11(13)3-2-4-12(10)14/h2-5,7H,6,8H2,1H3. The van der Waals surface area contributed by atoms with Crippen molar-refractivity contribution in [2.24, 2.45) is 4.99 Å². The molecule has 0 aromatic heterocycles. The lowest BCUT2D eigenvalue weighted by Gasteiger charge is -2.22. The minimum Gasteiger partial charge on any atom is -0.366 e. The van der Waals surface area contributed by atoms with Crippen molar-refractivity contribution >= 4 is 29.4 Å². The van der Waals surface area contributed by atoms with Crippen LogP contribution in [-0.4, -0.2) is 17.7 Å². The van der Waals surface area contributed by atoms with Gasteiger partial charge in [-0.3, -0.25) is 4.99 Å². The second kappa shape index (κ2) is 4.89. The summed E-state index contributed by atoms with van der Waals surface area (Å²) in [6.45, 7) is 3.47. The molecule has 0 atom stereocenters. The van der Waals surface area contributed by atoms with Crippen molar-refractivity contribution in [1.82, 2.24) is 4.90 Å². The van der Waals surface area contributed by atoms with Gasteiger partial charge >= 0.3 is 0 Å². The van der Waals surface area contributed by atoms with Crippen LogP contribution in [0.2, 0.25) is 10.0 Å². The molecule has 1 aromatic rings. The Balaban J connectivity index is 2.19. The molecule has 1 heterocycles. The lowest BCUT2D eigenvalue weighted by Crippen LogP contribution is -2.22. The monoisotopic (exact) mass is 254 g/mol. The zero-order valence-corrected chi connectivity index (χ0v) is 10.5. The van der Waals surface area contributed by atoms with Gasteiger partial charge in [-0.1, -0.05) is 29.3 Å². The predicted molar refractivity (Wildman–Crippen MR) is 69.1 cm³/mol. The molecule has 4 heteroatoms. The van der Waals surface area contributed by atoms with Crippen LogP contribution in [0.15, 0.2) is 35.1 Å². The molecule has 0 radical (unpaired) electrons. The first-order chi connectivity index (χ1) is 7.66. The number of rotatable bonds is 2. The average molecular weight is 255 g/mol. The molecule has 0 N–H and O–H groups in total. The number of aliphatic imine (C=N–C) groups is 1. The number of hydrogen-bond acceptors (Lipinski definition) is 2. The molecule has 0 bridgehead atoms. The van der Waals surface area contributed by atoms with E-state index in [0.717, 1.165) is 17.8 Å². The maximum absolute atomic E-state index is 6.12. The van der Waals surface area contributed by atoms with Crippen molar-refractivity contribution in [1.29, 1.82) is 0 Å². The van der Waals surface area contributed by atoms with Crippen LogP contribution in [0.25, 0.3) is 0 Å². The van der Waals surface area contributed by atoms with Gasteiger partial charge in [0.1, 0.15) is 0 Å². The van der Waals surface area contributed by atoms with E-state index < -0.39 is 0 Å². The van der Waals surface area contributed by atoms with Crippen LogP contribution in [0.5, 0.6) is 0 Å². The van der Waals surface area contributed by atoms with Crippen molar-refractivity contribution in [2.75, 3.05) is 6.54 Å². The van der Waals surface area contributed by atoms with Gasteiger partial charge in [-0.25, -0.2) is 0 Å². The van der Waals surface area contributed by atoms with E-state index in [1.54, 1.807) is 0 Å². The summed E-state index contributed by atoms with van der Waals surface area (Å²) in [5.74, 6) is 0. The van der Waals surface area contributed by atoms with Gasteiger partial charge in [-0.15, -0.1) is 0 Å². The zero-order chi connectivity index (χ0) is 11.5. The Hall–Kier alpha value is -0.990. The van der Waals surface area contributed by atoms with Crippen LogP contribution in [-0.2, 0) is 6.54 Å². The van der Waals surface area contributed by atoms with Crippen LogP contribution in [0.3, 0.4) is 0 Å². The molecule has 1 aromatic carbocycles. The van der Waals surface area contributed by atoms with Gasteiger partial charge < -0.3 is 4.90 Å². The number of allylic oxidation sites excluding steroid dienone is 1. The van der Waals surface area contributed by atoms with E-state index in [9.17, 15) is 0 Å². The molecule has 2 nitrogen and oxygen atoms in total. The summed E-state index contributed by atoms with van der Waals surface area (Å²) in [5.41, 5.74) is 1.96. The third-order valence-corrected chi connectivity index (χ3v) is 3.11. The van der Waals surface area contributed by atoms with Crippen molar-refractivity contribution in [2.45, 2.75) is 13.5 Å². The summed E-state index contributed by atoms with van der Waals surface area (Å²) >= 11 is 12.2. The Morgan fingerprint density at radius 3 is 2.62 bits per heavy atom. The largest absolute Gasteiger partial charge is 0.366 e. The molecule has 0 spiro atoms. The van der Waals surface area contributed by atoms with E-state index in [2.05, 4.69) is 9.89 Å². The molecule has 16 heavy (non-hydrogen) atoms. The molecular formula is C12H12Cl2N2. The van der Waals surface area contributed by atoms with Gasteiger partial charge in [0.25, 0.3) is 0 Å². The fourth-order valence-electron chi connectivity index (χ4n) is 1.64. The maximum atomic E-state index is 6.12. The number of benzene rings is 1. The molecule has 0 aliphatic carbocycles. The summed E-state index contributed by atoms with van der Waals surface area (Å²) in [7, 11) is 0. The molecule has 2 rings (SSSR count). The Kier molecular flexibility index (Phi) is 3.52. The fraction of sp³-hybridized carbons (Fsp3) is 0.250. The Bertz CT molecular complexity index is 432. The summed E-state index contributed by atoms with van der Waals surface area (Å²) in [5, 5.41) is 1.42. The van der Waals surface area contributed by atoms with Gasteiger partial charge in [0.15, 0.2) is 0 Å². The van der Waals surface area contributed by atoms with E-state index in [1.165, 1.54) is 0 Å². The Morgan fingerprint density at radius 2 is 2.00 bits per heavy atom. The zero-order valence-electron chi connectivity index (χ0n) is 8.95. The minimum atomic E-state index is 0.709. The second-order valence-corrected chi connectivity index (χ2v) is 4.53. The van der Waals surface area contributed by atoms with Crippen LogP contribution in [0, 0.1) is 0 Å². The van der Waals surface area contributed by atoms with E-state index in [0.29, 0.717) is 16.6 Å². The molecular weight excluding hydrogens is 243 g/mol. The summed E-state index contributed by atoms with van der Waals surface area (Å²) in [4.78, 5) is 6.33. The van der Waals surface area contributed by atoms with Gasteiger partial charge in [0.2, 0.25) is 0 Å². The Morgan fingerprint density at radius 1 is 1.31 bits per heavy atom. The van der Waals surface area contributed by atoms with Gasteiger partial charge in [0.05, 0.1) is 12.2 Å². The quantitative estimate of drug-likeness (QED) is 0.785. The fourth-order valence-corrected chi connectivity index (χ4v) is 2.15. The van der Waals surface area contributed by atoms with E-state index in [1.807, 2.05) is 37.5 Å². The van der Waals surface area contributed by atoms with Crippen LogP contribution in [0.4, 0.5) is 0 Å². The minimum absolute atomic E-state index is 0.709. The summed E-state index contributed by atoms with van der Waals surface area (Å²) in [6.07, 6.45) is 3.90. The van der Waals surface area contributed by atoms with Crippen molar-refractivity contribution in [3.8, 4) is 0 Å². The van der Waals surface area contributed by atoms with E-state index in [-0.39, 0.29) is 0 Å². The third-order valence-electron chi connectivity index (χ3n) is 2.40. The number of hydrogen-bond donors (Lipinski definition) is 0. The van der Waals surface area contributed by atoms with E-state index >= 15 is 0 Å². The first kappa shape index (κ1) is 11.5. The number of nitrogens with zero attached hydrogens (tertiary/aromatic N) is 2. The number of halogens is 2. The third kappa shape index (κ3) is 2.57. The van der Waals surface area contributed by atoms with Gasteiger partial charge in [-0.05, 0) is 19.1 Å². The van der Waals surface area contributed by atoms with Crippen molar-refractivity contribution in [3.63, 3.8) is 0 Å². The average Bonchev–Trinajstić information content (AvgIpc) is 2.24. The highest BCUT2D eigenvalue weighted by atomic mass is 35.5. The van der Waals surface area contributed by atoms with Crippen molar-refractivity contribution in [3.05, 3.63) is 45.7 Å². The first-order valence-electron chi connectivity index (χ1n) is 5.04. The molecule has 0 amide bonds. The molecule has 0 saturated carbocycles. The van der Waals surface area contributed by atoms with Gasteiger partial charge in [-0.2, -0.15) is 0 Å².